The van der Waals surface area contributed by atoms with Gasteiger partial charge in [0.05, 0.1) is 13.5 Å². The minimum absolute atomic E-state index is 0.100. The number of carbonyl (C=O) groups is 1. The second-order valence-electron chi connectivity index (χ2n) is 8.37. The van der Waals surface area contributed by atoms with E-state index in [1.807, 2.05) is 6.07 Å². The van der Waals surface area contributed by atoms with Gasteiger partial charge in [-0.05, 0) is 73.4 Å². The number of ether oxygens (including phenoxy) is 1. The number of carbonyl (C=O) groups excluding carboxylic acids is 1. The predicted molar refractivity (Wildman–Crippen MR) is 121 cm³/mol. The van der Waals surface area contributed by atoms with Crippen LogP contribution in [-0.4, -0.2) is 38.8 Å². The first kappa shape index (κ1) is 21.8. The average molecular weight is 443 g/mol. The number of anilines is 1. The number of fused-ring (bicyclic) bond motifs is 1. The van der Waals surface area contributed by atoms with E-state index < -0.39 is 10.0 Å². The van der Waals surface area contributed by atoms with E-state index >= 15 is 0 Å². The van der Waals surface area contributed by atoms with E-state index in [1.165, 1.54) is 41.4 Å². The SMILES string of the molecule is COc1ccc(NC(=O)Cc2ccc3c(c2)CCCC3)cc1S(=O)(=O)N1CCCCC1. The molecule has 1 fully saturated rings. The molecule has 1 aliphatic heterocycles. The number of methoxy groups -OCH3 is 1. The molecule has 1 saturated heterocycles. The van der Waals surface area contributed by atoms with Gasteiger partial charge in [-0.25, -0.2) is 8.42 Å². The molecule has 1 N–H and O–H groups in total. The van der Waals surface area contributed by atoms with Crippen molar-refractivity contribution in [2.45, 2.75) is 56.3 Å². The van der Waals surface area contributed by atoms with Gasteiger partial charge < -0.3 is 10.1 Å². The van der Waals surface area contributed by atoms with E-state index in [1.54, 1.807) is 12.1 Å². The van der Waals surface area contributed by atoms with Crippen LogP contribution in [0.5, 0.6) is 5.75 Å². The molecule has 0 bridgehead atoms. The van der Waals surface area contributed by atoms with Crippen molar-refractivity contribution in [1.29, 1.82) is 0 Å². The van der Waals surface area contributed by atoms with Gasteiger partial charge in [0.25, 0.3) is 0 Å². The molecule has 0 saturated carbocycles. The maximum atomic E-state index is 13.2. The van der Waals surface area contributed by atoms with E-state index in [0.29, 0.717) is 24.5 Å². The number of benzene rings is 2. The van der Waals surface area contributed by atoms with Crippen LogP contribution < -0.4 is 10.1 Å². The fourth-order valence-corrected chi connectivity index (χ4v) is 6.19. The van der Waals surface area contributed by atoms with Crippen molar-refractivity contribution in [3.63, 3.8) is 0 Å². The summed E-state index contributed by atoms with van der Waals surface area (Å²) >= 11 is 0. The van der Waals surface area contributed by atoms with E-state index in [2.05, 4.69) is 17.4 Å². The molecule has 7 heteroatoms. The van der Waals surface area contributed by atoms with Gasteiger partial charge in [-0.3, -0.25) is 4.79 Å². The van der Waals surface area contributed by atoms with Gasteiger partial charge in [-0.1, -0.05) is 24.6 Å². The maximum Gasteiger partial charge on any atom is 0.246 e. The Bertz CT molecular complexity index is 1060. The van der Waals surface area contributed by atoms with Gasteiger partial charge in [-0.2, -0.15) is 4.31 Å². The highest BCUT2D eigenvalue weighted by atomic mass is 32.2. The first-order valence-electron chi connectivity index (χ1n) is 11.1. The summed E-state index contributed by atoms with van der Waals surface area (Å²) in [6.07, 6.45) is 7.63. The van der Waals surface area contributed by atoms with Crippen LogP contribution in [0.4, 0.5) is 5.69 Å². The third-order valence-corrected chi connectivity index (χ3v) is 8.08. The number of hydrogen-bond donors (Lipinski definition) is 1. The second-order valence-corrected chi connectivity index (χ2v) is 10.3. The van der Waals surface area contributed by atoms with Crippen LogP contribution in [0.15, 0.2) is 41.3 Å². The summed E-state index contributed by atoms with van der Waals surface area (Å²) in [6, 6.07) is 11.1. The van der Waals surface area contributed by atoms with Crippen molar-refractivity contribution in [3.05, 3.63) is 53.1 Å². The average Bonchev–Trinajstić information content (AvgIpc) is 2.79. The Morgan fingerprint density at radius 2 is 1.71 bits per heavy atom. The van der Waals surface area contributed by atoms with Gasteiger partial charge in [0.1, 0.15) is 10.6 Å². The zero-order valence-corrected chi connectivity index (χ0v) is 18.8. The highest BCUT2D eigenvalue weighted by molar-refractivity contribution is 7.89. The molecule has 0 unspecified atom stereocenters. The topological polar surface area (TPSA) is 75.7 Å². The van der Waals surface area contributed by atoms with Crippen LogP contribution in [0.2, 0.25) is 0 Å². The summed E-state index contributed by atoms with van der Waals surface area (Å²) in [7, 11) is -2.22. The minimum atomic E-state index is -3.68. The van der Waals surface area contributed by atoms with E-state index in [0.717, 1.165) is 37.7 Å². The Balaban J connectivity index is 1.51. The number of amides is 1. The van der Waals surface area contributed by atoms with Gasteiger partial charge in [-0.15, -0.1) is 0 Å². The summed E-state index contributed by atoms with van der Waals surface area (Å²) in [5.41, 5.74) is 4.17. The zero-order valence-electron chi connectivity index (χ0n) is 18.0. The quantitative estimate of drug-likeness (QED) is 0.736. The van der Waals surface area contributed by atoms with Gasteiger partial charge in [0.2, 0.25) is 15.9 Å². The lowest BCUT2D eigenvalue weighted by molar-refractivity contribution is -0.115. The van der Waals surface area contributed by atoms with Crippen LogP contribution in [0.25, 0.3) is 0 Å². The van der Waals surface area contributed by atoms with Crippen molar-refractivity contribution >= 4 is 21.6 Å². The third kappa shape index (κ3) is 4.93. The number of rotatable bonds is 6. The molecule has 0 aromatic heterocycles. The maximum absolute atomic E-state index is 13.2. The molecule has 31 heavy (non-hydrogen) atoms. The van der Waals surface area contributed by atoms with Crippen LogP contribution in [0, 0.1) is 0 Å². The summed E-state index contributed by atoms with van der Waals surface area (Å²) in [5.74, 6) is 0.125. The van der Waals surface area contributed by atoms with Crippen molar-refractivity contribution in [3.8, 4) is 5.75 Å². The lowest BCUT2D eigenvalue weighted by atomic mass is 9.90. The molecule has 2 aromatic rings. The number of nitrogens with zero attached hydrogens (tertiary/aromatic N) is 1. The minimum Gasteiger partial charge on any atom is -0.495 e. The molecule has 4 rings (SSSR count). The Morgan fingerprint density at radius 1 is 0.968 bits per heavy atom. The Morgan fingerprint density at radius 3 is 2.45 bits per heavy atom. The van der Waals surface area contributed by atoms with Crippen LogP contribution >= 0.6 is 0 Å². The standard InChI is InChI=1S/C24H30N2O4S/c1-30-22-12-11-21(17-23(22)31(28,29)26-13-5-2-6-14-26)25-24(27)16-18-9-10-19-7-3-4-8-20(19)15-18/h9-12,15,17H,2-8,13-14,16H2,1H3,(H,25,27). The Hall–Kier alpha value is -2.38. The predicted octanol–water partition coefficient (Wildman–Crippen LogP) is 3.93. The van der Waals surface area contributed by atoms with Gasteiger partial charge in [0, 0.05) is 18.8 Å². The molecule has 0 atom stereocenters. The van der Waals surface area contributed by atoms with Crippen molar-refractivity contribution in [1.82, 2.24) is 4.31 Å². The lowest BCUT2D eigenvalue weighted by Crippen LogP contribution is -2.35. The van der Waals surface area contributed by atoms with Crippen molar-refractivity contribution in [2.75, 3.05) is 25.5 Å². The van der Waals surface area contributed by atoms with Crippen molar-refractivity contribution < 1.29 is 17.9 Å². The lowest BCUT2D eigenvalue weighted by Gasteiger charge is -2.26. The largest absolute Gasteiger partial charge is 0.495 e. The van der Waals surface area contributed by atoms with Crippen molar-refractivity contribution in [2.24, 2.45) is 0 Å². The smallest absolute Gasteiger partial charge is 0.246 e. The summed E-state index contributed by atoms with van der Waals surface area (Å²) < 4.78 is 33.2. The third-order valence-electron chi connectivity index (χ3n) is 6.16. The van der Waals surface area contributed by atoms with Gasteiger partial charge >= 0.3 is 0 Å². The van der Waals surface area contributed by atoms with Crippen LogP contribution in [0.1, 0.15) is 48.8 Å². The molecule has 0 spiro atoms. The normalized spacial score (nSPS) is 17.1. The number of aryl methyl sites for hydroxylation is 2. The number of sulfonamides is 1. The Kier molecular flexibility index (Phi) is 6.62. The molecule has 1 amide bonds. The number of nitrogens with one attached hydrogen (secondary N) is 1. The molecule has 166 valence electrons. The zero-order chi connectivity index (χ0) is 21.8. The highest BCUT2D eigenvalue weighted by Gasteiger charge is 2.29. The summed E-state index contributed by atoms with van der Waals surface area (Å²) in [5, 5.41) is 2.86. The molecule has 6 nitrogen and oxygen atoms in total. The monoisotopic (exact) mass is 442 g/mol. The fraction of sp³-hybridized carbons (Fsp3) is 0.458. The van der Waals surface area contributed by atoms with Crippen LogP contribution in [-0.2, 0) is 34.1 Å². The Labute approximate surface area is 184 Å². The highest BCUT2D eigenvalue weighted by Crippen LogP contribution is 2.31. The number of hydrogen-bond acceptors (Lipinski definition) is 4. The van der Waals surface area contributed by atoms with E-state index in [-0.39, 0.29) is 17.2 Å². The summed E-state index contributed by atoms with van der Waals surface area (Å²) in [6.45, 7) is 1.03. The molecule has 2 aliphatic rings. The second kappa shape index (κ2) is 9.40. The molecule has 1 aliphatic carbocycles. The molecular formula is C24H30N2O4S. The molecule has 0 radical (unpaired) electrons. The molecule has 2 aromatic carbocycles. The summed E-state index contributed by atoms with van der Waals surface area (Å²) in [4.78, 5) is 12.8. The molecule has 1 heterocycles. The van der Waals surface area contributed by atoms with Gasteiger partial charge in [0.15, 0.2) is 0 Å². The van der Waals surface area contributed by atoms with E-state index in [4.69, 9.17) is 4.74 Å². The number of piperidine rings is 1. The first-order chi connectivity index (χ1) is 15.0. The van der Waals surface area contributed by atoms with E-state index in [9.17, 15) is 13.2 Å². The first-order valence-corrected chi connectivity index (χ1v) is 12.5. The molecular weight excluding hydrogens is 412 g/mol. The fourth-order valence-electron chi connectivity index (χ4n) is 4.49. The van der Waals surface area contributed by atoms with Crippen LogP contribution in [0.3, 0.4) is 0 Å².